The predicted octanol–water partition coefficient (Wildman–Crippen LogP) is 0.570. The molecule has 1 heterocycles. The zero-order chi connectivity index (χ0) is 8.97. The van der Waals surface area contributed by atoms with E-state index in [1.54, 1.807) is 0 Å². The fourth-order valence-electron chi connectivity index (χ4n) is 1.56. The Hall–Kier alpha value is -0.320. The number of carbonyl (C=O) groups is 1. The average Bonchev–Trinajstić information content (AvgIpc) is 2.37. The molecule has 1 aliphatic rings. The molecule has 0 aromatic heterocycles. The van der Waals surface area contributed by atoms with Gasteiger partial charge in [-0.2, -0.15) is 0 Å². The molecule has 1 saturated heterocycles. The number of hydroxylamine groups is 1. The molecule has 0 saturated carbocycles. The van der Waals surface area contributed by atoms with Gasteiger partial charge in [0.05, 0.1) is 13.7 Å². The SMILES string of the molecule is CONC(=O)CN1CCCC1C.Cl. The van der Waals surface area contributed by atoms with Crippen LogP contribution in [0.5, 0.6) is 0 Å². The molecule has 1 unspecified atom stereocenters. The largest absolute Gasteiger partial charge is 0.292 e. The van der Waals surface area contributed by atoms with Crippen LogP contribution in [0.1, 0.15) is 19.8 Å². The van der Waals surface area contributed by atoms with Crippen LogP contribution in [0.15, 0.2) is 0 Å². The van der Waals surface area contributed by atoms with Crippen molar-refractivity contribution in [3.05, 3.63) is 0 Å². The Morgan fingerprint density at radius 2 is 2.38 bits per heavy atom. The molecule has 0 bridgehead atoms. The van der Waals surface area contributed by atoms with E-state index >= 15 is 0 Å². The van der Waals surface area contributed by atoms with Gasteiger partial charge >= 0.3 is 0 Å². The molecule has 1 atom stereocenters. The van der Waals surface area contributed by atoms with Crippen molar-refractivity contribution in [3.63, 3.8) is 0 Å². The Kier molecular flexibility index (Phi) is 6.03. The summed E-state index contributed by atoms with van der Waals surface area (Å²) in [4.78, 5) is 17.8. The first-order valence-electron chi connectivity index (χ1n) is 4.30. The molecule has 0 spiro atoms. The van der Waals surface area contributed by atoms with Crippen molar-refractivity contribution in [2.24, 2.45) is 0 Å². The van der Waals surface area contributed by atoms with E-state index in [4.69, 9.17) is 0 Å². The maximum absolute atomic E-state index is 11.1. The van der Waals surface area contributed by atoms with Crippen LogP contribution in [0, 0.1) is 0 Å². The van der Waals surface area contributed by atoms with Gasteiger partial charge in [0.2, 0.25) is 0 Å². The highest BCUT2D eigenvalue weighted by Crippen LogP contribution is 2.15. The molecule has 1 rings (SSSR count). The van der Waals surface area contributed by atoms with E-state index in [0.29, 0.717) is 12.6 Å². The highest BCUT2D eigenvalue weighted by Gasteiger charge is 2.21. The summed E-state index contributed by atoms with van der Waals surface area (Å²) in [5, 5.41) is 0. The molecule has 0 aliphatic carbocycles. The summed E-state index contributed by atoms with van der Waals surface area (Å²) >= 11 is 0. The highest BCUT2D eigenvalue weighted by atomic mass is 35.5. The van der Waals surface area contributed by atoms with Crippen molar-refractivity contribution in [3.8, 4) is 0 Å². The summed E-state index contributed by atoms with van der Waals surface area (Å²) in [7, 11) is 1.45. The molecular formula is C8H17ClN2O2. The fraction of sp³-hybridized carbons (Fsp3) is 0.875. The van der Waals surface area contributed by atoms with Gasteiger partial charge < -0.3 is 0 Å². The number of halogens is 1. The highest BCUT2D eigenvalue weighted by molar-refractivity contribution is 5.85. The van der Waals surface area contributed by atoms with Gasteiger partial charge in [-0.05, 0) is 26.3 Å². The predicted molar refractivity (Wildman–Crippen MR) is 52.7 cm³/mol. The minimum Gasteiger partial charge on any atom is -0.292 e. The fourth-order valence-corrected chi connectivity index (χ4v) is 1.56. The summed E-state index contributed by atoms with van der Waals surface area (Å²) in [5.74, 6) is -0.0637. The van der Waals surface area contributed by atoms with E-state index in [1.807, 2.05) is 0 Å². The van der Waals surface area contributed by atoms with E-state index in [-0.39, 0.29) is 18.3 Å². The molecule has 1 N–H and O–H groups in total. The maximum Gasteiger partial charge on any atom is 0.257 e. The van der Waals surface area contributed by atoms with Crippen molar-refractivity contribution in [2.75, 3.05) is 20.2 Å². The van der Waals surface area contributed by atoms with Gasteiger partial charge in [-0.25, -0.2) is 5.48 Å². The lowest BCUT2D eigenvalue weighted by atomic mass is 10.2. The summed E-state index contributed by atoms with van der Waals surface area (Å²) in [6, 6.07) is 0.535. The summed E-state index contributed by atoms with van der Waals surface area (Å²) in [6.07, 6.45) is 2.39. The average molecular weight is 209 g/mol. The Labute approximate surface area is 85.0 Å². The second kappa shape index (κ2) is 6.18. The number of hydrogen-bond donors (Lipinski definition) is 1. The van der Waals surface area contributed by atoms with E-state index < -0.39 is 0 Å². The van der Waals surface area contributed by atoms with Crippen LogP contribution >= 0.6 is 12.4 Å². The van der Waals surface area contributed by atoms with Crippen LogP contribution in [0.25, 0.3) is 0 Å². The topological polar surface area (TPSA) is 41.6 Å². The van der Waals surface area contributed by atoms with Crippen molar-refractivity contribution in [1.29, 1.82) is 0 Å². The van der Waals surface area contributed by atoms with E-state index in [2.05, 4.69) is 22.1 Å². The van der Waals surface area contributed by atoms with Crippen molar-refractivity contribution >= 4 is 18.3 Å². The van der Waals surface area contributed by atoms with Crippen molar-refractivity contribution < 1.29 is 9.63 Å². The normalized spacial score (nSPS) is 22.5. The molecule has 1 aliphatic heterocycles. The number of nitrogens with one attached hydrogen (secondary N) is 1. The lowest BCUT2D eigenvalue weighted by molar-refractivity contribution is -0.132. The lowest BCUT2D eigenvalue weighted by Crippen LogP contribution is -2.38. The van der Waals surface area contributed by atoms with Gasteiger partial charge in [-0.15, -0.1) is 12.4 Å². The van der Waals surface area contributed by atoms with E-state index in [9.17, 15) is 4.79 Å². The third-order valence-electron chi connectivity index (χ3n) is 2.25. The van der Waals surface area contributed by atoms with Crippen LogP contribution < -0.4 is 5.48 Å². The first kappa shape index (κ1) is 12.7. The molecule has 5 heteroatoms. The maximum atomic E-state index is 11.1. The number of amides is 1. The van der Waals surface area contributed by atoms with Gasteiger partial charge in [-0.1, -0.05) is 0 Å². The third kappa shape index (κ3) is 3.93. The van der Waals surface area contributed by atoms with Crippen LogP contribution in [0.2, 0.25) is 0 Å². The first-order chi connectivity index (χ1) is 5.74. The van der Waals surface area contributed by atoms with Gasteiger partial charge in [0.25, 0.3) is 5.91 Å². The van der Waals surface area contributed by atoms with Crippen LogP contribution in [-0.4, -0.2) is 37.0 Å². The van der Waals surface area contributed by atoms with E-state index in [0.717, 1.165) is 6.54 Å². The van der Waals surface area contributed by atoms with Gasteiger partial charge in [-0.3, -0.25) is 14.5 Å². The molecule has 4 nitrogen and oxygen atoms in total. The molecular weight excluding hydrogens is 192 g/mol. The number of rotatable bonds is 3. The van der Waals surface area contributed by atoms with E-state index in [1.165, 1.54) is 20.0 Å². The second-order valence-corrected chi connectivity index (χ2v) is 3.19. The van der Waals surface area contributed by atoms with Gasteiger partial charge in [0.1, 0.15) is 0 Å². The standard InChI is InChI=1S/C8H16N2O2.ClH/c1-7-4-3-5-10(7)6-8(11)9-12-2;/h7H,3-6H2,1-2H3,(H,9,11);1H. The van der Waals surface area contributed by atoms with Gasteiger partial charge in [0.15, 0.2) is 0 Å². The number of hydrogen-bond acceptors (Lipinski definition) is 3. The monoisotopic (exact) mass is 208 g/mol. The Morgan fingerprint density at radius 1 is 1.69 bits per heavy atom. The van der Waals surface area contributed by atoms with Crippen LogP contribution in [0.3, 0.4) is 0 Å². The third-order valence-corrected chi connectivity index (χ3v) is 2.25. The van der Waals surface area contributed by atoms with Crippen molar-refractivity contribution in [1.82, 2.24) is 10.4 Å². The first-order valence-corrected chi connectivity index (χ1v) is 4.30. The minimum absolute atomic E-state index is 0. The van der Waals surface area contributed by atoms with Gasteiger partial charge in [0, 0.05) is 6.04 Å². The molecule has 0 radical (unpaired) electrons. The summed E-state index contributed by atoms with van der Waals surface area (Å²) < 4.78 is 0. The number of likely N-dealkylation sites (tertiary alicyclic amines) is 1. The lowest BCUT2D eigenvalue weighted by Gasteiger charge is -2.19. The van der Waals surface area contributed by atoms with Crippen LogP contribution in [-0.2, 0) is 9.63 Å². The quantitative estimate of drug-likeness (QED) is 0.690. The zero-order valence-corrected chi connectivity index (χ0v) is 8.89. The molecule has 13 heavy (non-hydrogen) atoms. The second-order valence-electron chi connectivity index (χ2n) is 3.19. The summed E-state index contributed by atoms with van der Waals surface area (Å²) in [6.45, 7) is 3.63. The minimum atomic E-state index is -0.0637. The Morgan fingerprint density at radius 3 is 2.85 bits per heavy atom. The molecule has 78 valence electrons. The van der Waals surface area contributed by atoms with Crippen LogP contribution in [0.4, 0.5) is 0 Å². The smallest absolute Gasteiger partial charge is 0.257 e. The van der Waals surface area contributed by atoms with Crippen molar-refractivity contribution in [2.45, 2.75) is 25.8 Å². The Bertz CT molecular complexity index is 166. The number of carbonyl (C=O) groups excluding carboxylic acids is 1. The molecule has 1 amide bonds. The Balaban J connectivity index is 0.00000144. The molecule has 0 aromatic carbocycles. The molecule has 1 fully saturated rings. The molecule has 0 aromatic rings. The number of nitrogens with zero attached hydrogens (tertiary/aromatic N) is 1. The summed E-state index contributed by atoms with van der Waals surface area (Å²) in [5.41, 5.74) is 2.31. The zero-order valence-electron chi connectivity index (χ0n) is 8.08.